The van der Waals surface area contributed by atoms with Crippen LogP contribution in [-0.4, -0.2) is 23.4 Å². The van der Waals surface area contributed by atoms with Gasteiger partial charge in [-0.3, -0.25) is 15.1 Å². The second-order valence-electron chi connectivity index (χ2n) is 7.05. The highest BCUT2D eigenvalue weighted by atomic mass is 35.5. The molecule has 1 heterocycles. The van der Waals surface area contributed by atoms with Crippen LogP contribution in [-0.2, 0) is 6.42 Å². The molecule has 0 aliphatic carbocycles. The van der Waals surface area contributed by atoms with Crippen LogP contribution in [0.5, 0.6) is 0 Å². The fraction of sp³-hybridized carbons (Fsp3) is 0.0833. The van der Waals surface area contributed by atoms with E-state index in [1.165, 1.54) is 36.4 Å². The first-order valence-corrected chi connectivity index (χ1v) is 10.3. The molecular formula is C24H19ClF2N4O. The second-order valence-corrected chi connectivity index (χ2v) is 7.46. The van der Waals surface area contributed by atoms with E-state index in [1.807, 2.05) is 30.5 Å². The first-order valence-electron chi connectivity index (χ1n) is 9.88. The Labute approximate surface area is 188 Å². The molecule has 162 valence electrons. The SMILES string of the molecule is O=C(NC(=NCCc1c[nH]c2ccccc12)Nc1ccc(F)cc1)c1ccc(F)c(Cl)c1. The molecule has 3 aromatic carbocycles. The fourth-order valence-electron chi connectivity index (χ4n) is 3.22. The Kier molecular flexibility index (Phi) is 6.47. The summed E-state index contributed by atoms with van der Waals surface area (Å²) in [5.41, 5.74) is 2.87. The zero-order chi connectivity index (χ0) is 22.5. The molecule has 1 aromatic heterocycles. The van der Waals surface area contributed by atoms with Gasteiger partial charge < -0.3 is 10.3 Å². The summed E-state index contributed by atoms with van der Waals surface area (Å²) < 4.78 is 26.7. The highest BCUT2D eigenvalue weighted by Gasteiger charge is 2.12. The highest BCUT2D eigenvalue weighted by molar-refractivity contribution is 6.31. The van der Waals surface area contributed by atoms with Gasteiger partial charge in [-0.2, -0.15) is 0 Å². The summed E-state index contributed by atoms with van der Waals surface area (Å²) in [5.74, 6) is -1.31. The van der Waals surface area contributed by atoms with Crippen molar-refractivity contribution in [2.24, 2.45) is 4.99 Å². The topological polar surface area (TPSA) is 69.3 Å². The molecule has 0 fully saturated rings. The number of aliphatic imine (C=N–C) groups is 1. The Hall–Kier alpha value is -3.71. The van der Waals surface area contributed by atoms with Crippen molar-refractivity contribution in [1.82, 2.24) is 10.3 Å². The lowest BCUT2D eigenvalue weighted by Gasteiger charge is -2.12. The number of carbonyl (C=O) groups is 1. The Bertz CT molecular complexity index is 1280. The summed E-state index contributed by atoms with van der Waals surface area (Å²) in [6.45, 7) is 0.385. The Morgan fingerprint density at radius 2 is 1.81 bits per heavy atom. The lowest BCUT2D eigenvalue weighted by atomic mass is 10.1. The second kappa shape index (κ2) is 9.62. The van der Waals surface area contributed by atoms with Gasteiger partial charge in [0.2, 0.25) is 5.96 Å². The van der Waals surface area contributed by atoms with Crippen LogP contribution in [0.3, 0.4) is 0 Å². The smallest absolute Gasteiger partial charge is 0.258 e. The molecule has 5 nitrogen and oxygen atoms in total. The molecule has 0 unspecified atom stereocenters. The first kappa shape index (κ1) is 21.5. The summed E-state index contributed by atoms with van der Waals surface area (Å²) in [4.78, 5) is 20.4. The van der Waals surface area contributed by atoms with Gasteiger partial charge in [-0.05, 0) is 60.5 Å². The maximum Gasteiger partial charge on any atom is 0.258 e. The Morgan fingerprint density at radius 1 is 1.03 bits per heavy atom. The number of carbonyl (C=O) groups excluding carboxylic acids is 1. The fourth-order valence-corrected chi connectivity index (χ4v) is 3.40. The lowest BCUT2D eigenvalue weighted by Crippen LogP contribution is -2.36. The molecule has 0 aliphatic heterocycles. The molecule has 0 atom stereocenters. The van der Waals surface area contributed by atoms with Crippen LogP contribution in [0.4, 0.5) is 14.5 Å². The highest BCUT2D eigenvalue weighted by Crippen LogP contribution is 2.18. The van der Waals surface area contributed by atoms with E-state index >= 15 is 0 Å². The van der Waals surface area contributed by atoms with Crippen molar-refractivity contribution in [3.05, 3.63) is 101 Å². The summed E-state index contributed by atoms with van der Waals surface area (Å²) in [6, 6.07) is 17.3. The van der Waals surface area contributed by atoms with E-state index < -0.39 is 11.7 Å². The first-order chi connectivity index (χ1) is 15.5. The molecular weight excluding hydrogens is 434 g/mol. The lowest BCUT2D eigenvalue weighted by molar-refractivity contribution is 0.0977. The number of benzene rings is 3. The van der Waals surface area contributed by atoms with Gasteiger partial charge >= 0.3 is 0 Å². The molecule has 0 aliphatic rings. The average Bonchev–Trinajstić information content (AvgIpc) is 3.20. The Morgan fingerprint density at radius 3 is 2.59 bits per heavy atom. The molecule has 8 heteroatoms. The van der Waals surface area contributed by atoms with Gasteiger partial charge in [0.15, 0.2) is 0 Å². The number of para-hydroxylation sites is 1. The summed E-state index contributed by atoms with van der Waals surface area (Å²) >= 11 is 5.79. The number of halogens is 3. The van der Waals surface area contributed by atoms with E-state index in [4.69, 9.17) is 11.6 Å². The molecule has 0 radical (unpaired) electrons. The molecule has 3 N–H and O–H groups in total. The molecule has 0 saturated carbocycles. The minimum atomic E-state index is -0.611. The zero-order valence-corrected chi connectivity index (χ0v) is 17.6. The summed E-state index contributed by atoms with van der Waals surface area (Å²) in [6.07, 6.45) is 2.57. The van der Waals surface area contributed by atoms with Gasteiger partial charge in [0.1, 0.15) is 11.6 Å². The maximum absolute atomic E-state index is 13.4. The number of anilines is 1. The van der Waals surface area contributed by atoms with Gasteiger partial charge in [-0.15, -0.1) is 0 Å². The minimum Gasteiger partial charge on any atom is -0.361 e. The van der Waals surface area contributed by atoms with Gasteiger partial charge in [-0.25, -0.2) is 8.78 Å². The number of aromatic amines is 1. The molecule has 0 saturated heterocycles. The largest absolute Gasteiger partial charge is 0.361 e. The zero-order valence-electron chi connectivity index (χ0n) is 16.8. The van der Waals surface area contributed by atoms with E-state index in [9.17, 15) is 13.6 Å². The summed E-state index contributed by atoms with van der Waals surface area (Å²) in [7, 11) is 0. The third-order valence-corrected chi connectivity index (χ3v) is 5.14. The third kappa shape index (κ3) is 5.12. The predicted molar refractivity (Wildman–Crippen MR) is 123 cm³/mol. The van der Waals surface area contributed by atoms with Crippen molar-refractivity contribution in [2.45, 2.75) is 6.42 Å². The average molecular weight is 453 g/mol. The van der Waals surface area contributed by atoms with Crippen LogP contribution in [0.25, 0.3) is 10.9 Å². The number of nitrogens with zero attached hydrogens (tertiary/aromatic N) is 1. The van der Waals surface area contributed by atoms with Gasteiger partial charge in [0.05, 0.1) is 5.02 Å². The van der Waals surface area contributed by atoms with Gasteiger partial charge in [0, 0.05) is 34.9 Å². The van der Waals surface area contributed by atoms with Crippen molar-refractivity contribution in [2.75, 3.05) is 11.9 Å². The van der Waals surface area contributed by atoms with Crippen LogP contribution in [0, 0.1) is 11.6 Å². The van der Waals surface area contributed by atoms with Crippen molar-refractivity contribution in [1.29, 1.82) is 0 Å². The van der Waals surface area contributed by atoms with E-state index in [2.05, 4.69) is 20.6 Å². The normalized spacial score (nSPS) is 11.5. The molecule has 4 rings (SSSR count). The van der Waals surface area contributed by atoms with Crippen molar-refractivity contribution in [3.8, 4) is 0 Å². The molecule has 0 bridgehead atoms. The van der Waals surface area contributed by atoms with Crippen LogP contribution in [0.1, 0.15) is 15.9 Å². The maximum atomic E-state index is 13.4. The number of hydrogen-bond donors (Lipinski definition) is 3. The van der Waals surface area contributed by atoms with Crippen molar-refractivity contribution in [3.63, 3.8) is 0 Å². The number of fused-ring (bicyclic) bond motifs is 1. The number of guanidine groups is 1. The summed E-state index contributed by atoms with van der Waals surface area (Å²) in [5, 5.41) is 6.63. The number of nitrogens with one attached hydrogen (secondary N) is 3. The third-order valence-electron chi connectivity index (χ3n) is 4.85. The number of amides is 1. The number of rotatable bonds is 5. The quantitative estimate of drug-likeness (QED) is 0.275. The molecule has 1 amide bonds. The van der Waals surface area contributed by atoms with Crippen LogP contribution < -0.4 is 10.6 Å². The van der Waals surface area contributed by atoms with Crippen molar-refractivity contribution < 1.29 is 13.6 Å². The molecule has 0 spiro atoms. The van der Waals surface area contributed by atoms with Crippen LogP contribution >= 0.6 is 11.6 Å². The van der Waals surface area contributed by atoms with E-state index in [0.717, 1.165) is 22.5 Å². The number of aromatic nitrogens is 1. The standard InChI is InChI=1S/C24H19ClF2N4O/c25-20-13-15(5-10-21(20)27)23(32)31-24(30-18-8-6-17(26)7-9-18)28-12-11-16-14-29-22-4-2-1-3-19(16)22/h1-10,13-14,29H,11-12H2,(H2,28,30,31,32). The van der Waals surface area contributed by atoms with Crippen LogP contribution in [0.2, 0.25) is 5.02 Å². The van der Waals surface area contributed by atoms with Crippen molar-refractivity contribution >= 4 is 40.1 Å². The van der Waals surface area contributed by atoms with E-state index in [-0.39, 0.29) is 22.4 Å². The monoisotopic (exact) mass is 452 g/mol. The number of H-pyrrole nitrogens is 1. The van der Waals surface area contributed by atoms with E-state index in [1.54, 1.807) is 0 Å². The predicted octanol–water partition coefficient (Wildman–Crippen LogP) is 5.54. The van der Waals surface area contributed by atoms with Crippen LogP contribution in [0.15, 0.2) is 77.9 Å². The molecule has 4 aromatic rings. The van der Waals surface area contributed by atoms with Gasteiger partial charge in [-0.1, -0.05) is 29.8 Å². The van der Waals surface area contributed by atoms with Gasteiger partial charge in [0.25, 0.3) is 5.91 Å². The Balaban J connectivity index is 1.52. The number of hydrogen-bond acceptors (Lipinski definition) is 2. The molecule has 32 heavy (non-hydrogen) atoms. The van der Waals surface area contributed by atoms with E-state index in [0.29, 0.717) is 18.7 Å². The minimum absolute atomic E-state index is 0.151.